The molecule has 3 rings (SSSR count). The molecule has 0 saturated heterocycles. The van der Waals surface area contributed by atoms with Crippen molar-refractivity contribution < 1.29 is 0 Å². The smallest absolute Gasteiger partial charge is 0.241 e. The van der Waals surface area contributed by atoms with E-state index in [1.165, 1.54) is 11.1 Å². The van der Waals surface area contributed by atoms with Gasteiger partial charge in [0, 0.05) is 12.7 Å². The molecule has 0 unspecified atom stereocenters. The van der Waals surface area contributed by atoms with Gasteiger partial charge in [-0.25, -0.2) is 5.84 Å². The molecular weight excluding hydrogens is 266 g/mol. The predicted molar refractivity (Wildman–Crippen MR) is 83.5 cm³/mol. The number of aryl methyl sites for hydroxylation is 2. The van der Waals surface area contributed by atoms with Crippen molar-refractivity contribution in [1.29, 1.82) is 0 Å². The van der Waals surface area contributed by atoms with Crippen LogP contribution in [0, 0.1) is 13.8 Å². The standard InChI is InChI=1S/C14H17N7/c1-8-4-9(2)6-10(5-8)21(3)13-11-7-16-20-12(11)17-14(18-13)19-15/h4-7H,15H2,1-3H3,(H2,16,17,18,19,20). The van der Waals surface area contributed by atoms with E-state index in [4.69, 9.17) is 5.84 Å². The number of benzene rings is 1. The summed E-state index contributed by atoms with van der Waals surface area (Å²) in [5, 5.41) is 7.71. The van der Waals surface area contributed by atoms with E-state index in [1.54, 1.807) is 6.20 Å². The van der Waals surface area contributed by atoms with Crippen LogP contribution in [0.15, 0.2) is 24.4 Å². The van der Waals surface area contributed by atoms with Gasteiger partial charge in [-0.05, 0) is 37.1 Å². The first kappa shape index (κ1) is 13.3. The van der Waals surface area contributed by atoms with Gasteiger partial charge in [-0.3, -0.25) is 10.5 Å². The van der Waals surface area contributed by atoms with Crippen molar-refractivity contribution in [3.05, 3.63) is 35.5 Å². The van der Waals surface area contributed by atoms with Crippen LogP contribution < -0.4 is 16.2 Å². The van der Waals surface area contributed by atoms with Crippen molar-refractivity contribution in [2.45, 2.75) is 13.8 Å². The van der Waals surface area contributed by atoms with Crippen molar-refractivity contribution in [3.63, 3.8) is 0 Å². The molecule has 4 N–H and O–H groups in total. The molecule has 0 amide bonds. The maximum atomic E-state index is 5.44. The minimum atomic E-state index is 0.345. The molecule has 0 aliphatic rings. The summed E-state index contributed by atoms with van der Waals surface area (Å²) in [6.45, 7) is 4.15. The topological polar surface area (TPSA) is 95.8 Å². The summed E-state index contributed by atoms with van der Waals surface area (Å²) in [7, 11) is 1.96. The zero-order chi connectivity index (χ0) is 15.0. The maximum Gasteiger partial charge on any atom is 0.241 e. The van der Waals surface area contributed by atoms with Crippen LogP contribution in [-0.4, -0.2) is 27.2 Å². The molecule has 7 nitrogen and oxygen atoms in total. The second-order valence-electron chi connectivity index (χ2n) is 5.05. The maximum absolute atomic E-state index is 5.44. The largest absolute Gasteiger partial charge is 0.329 e. The lowest BCUT2D eigenvalue weighted by Gasteiger charge is -2.20. The van der Waals surface area contributed by atoms with Crippen LogP contribution in [0.5, 0.6) is 0 Å². The van der Waals surface area contributed by atoms with Crippen LogP contribution in [-0.2, 0) is 0 Å². The molecule has 7 heteroatoms. The highest BCUT2D eigenvalue weighted by Crippen LogP contribution is 2.29. The molecular formula is C14H17N7. The summed E-state index contributed by atoms with van der Waals surface area (Å²) in [6.07, 6.45) is 1.71. The first-order valence-electron chi connectivity index (χ1n) is 6.58. The van der Waals surface area contributed by atoms with Crippen molar-refractivity contribution in [2.24, 2.45) is 5.84 Å². The van der Waals surface area contributed by atoms with Crippen LogP contribution in [0.25, 0.3) is 11.0 Å². The van der Waals surface area contributed by atoms with Gasteiger partial charge >= 0.3 is 0 Å². The number of fused-ring (bicyclic) bond motifs is 1. The minimum Gasteiger partial charge on any atom is -0.329 e. The van der Waals surface area contributed by atoms with Crippen LogP contribution >= 0.6 is 0 Å². The van der Waals surface area contributed by atoms with Gasteiger partial charge in [0.2, 0.25) is 5.95 Å². The minimum absolute atomic E-state index is 0.345. The third-order valence-corrected chi connectivity index (χ3v) is 3.33. The van der Waals surface area contributed by atoms with E-state index in [0.717, 1.165) is 16.9 Å². The number of hydrazine groups is 1. The Bertz CT molecular complexity index is 773. The quantitative estimate of drug-likeness (QED) is 0.503. The van der Waals surface area contributed by atoms with Crippen LogP contribution in [0.4, 0.5) is 17.5 Å². The molecule has 2 heterocycles. The zero-order valence-electron chi connectivity index (χ0n) is 12.2. The normalized spacial score (nSPS) is 10.9. The number of rotatable bonds is 3. The van der Waals surface area contributed by atoms with Crippen molar-refractivity contribution in [1.82, 2.24) is 20.2 Å². The average Bonchev–Trinajstić information content (AvgIpc) is 2.92. The van der Waals surface area contributed by atoms with Crippen molar-refractivity contribution >= 4 is 28.5 Å². The summed E-state index contributed by atoms with van der Waals surface area (Å²) in [4.78, 5) is 10.7. The lowest BCUT2D eigenvalue weighted by atomic mass is 10.1. The fraction of sp³-hybridized carbons (Fsp3) is 0.214. The van der Waals surface area contributed by atoms with E-state index in [1.807, 2.05) is 11.9 Å². The number of aromatic nitrogens is 4. The van der Waals surface area contributed by atoms with Crippen LogP contribution in [0.3, 0.4) is 0 Å². The number of hydrogen-bond donors (Lipinski definition) is 3. The Morgan fingerprint density at radius 1 is 1.14 bits per heavy atom. The molecule has 108 valence electrons. The van der Waals surface area contributed by atoms with Crippen LogP contribution in [0.2, 0.25) is 0 Å². The monoisotopic (exact) mass is 283 g/mol. The molecule has 0 aliphatic carbocycles. The number of hydrogen-bond acceptors (Lipinski definition) is 6. The van der Waals surface area contributed by atoms with Gasteiger partial charge < -0.3 is 4.90 Å². The number of nitrogens with one attached hydrogen (secondary N) is 2. The van der Waals surface area contributed by atoms with Crippen LogP contribution in [0.1, 0.15) is 11.1 Å². The molecule has 0 saturated carbocycles. The Morgan fingerprint density at radius 3 is 2.52 bits per heavy atom. The third-order valence-electron chi connectivity index (χ3n) is 3.33. The molecule has 0 atom stereocenters. The third kappa shape index (κ3) is 2.38. The van der Waals surface area contributed by atoms with E-state index in [0.29, 0.717) is 11.6 Å². The SMILES string of the molecule is Cc1cc(C)cc(N(C)c2nc(NN)nc3[nH]ncc23)c1. The molecule has 1 aromatic carbocycles. The van der Waals surface area contributed by atoms with E-state index < -0.39 is 0 Å². The summed E-state index contributed by atoms with van der Waals surface area (Å²) in [5.41, 5.74) is 6.58. The van der Waals surface area contributed by atoms with Crippen molar-refractivity contribution in [2.75, 3.05) is 17.4 Å². The van der Waals surface area contributed by atoms with Gasteiger partial charge in [-0.15, -0.1) is 0 Å². The first-order chi connectivity index (χ1) is 10.1. The Hall–Kier alpha value is -2.67. The fourth-order valence-electron chi connectivity index (χ4n) is 2.41. The summed E-state index contributed by atoms with van der Waals surface area (Å²) in [5.74, 6) is 6.53. The Kier molecular flexibility index (Phi) is 3.19. The highest BCUT2D eigenvalue weighted by Gasteiger charge is 2.14. The van der Waals surface area contributed by atoms with E-state index in [2.05, 4.69) is 57.6 Å². The summed E-state index contributed by atoms with van der Waals surface area (Å²) in [6, 6.07) is 6.35. The molecule has 0 aliphatic heterocycles. The Labute approximate surface area is 122 Å². The molecule has 0 fully saturated rings. The highest BCUT2D eigenvalue weighted by atomic mass is 15.3. The molecule has 3 aromatic rings. The number of H-pyrrole nitrogens is 1. The summed E-state index contributed by atoms with van der Waals surface area (Å²) >= 11 is 0. The Morgan fingerprint density at radius 2 is 1.86 bits per heavy atom. The van der Waals surface area contributed by atoms with E-state index >= 15 is 0 Å². The first-order valence-corrected chi connectivity index (χ1v) is 6.58. The zero-order valence-corrected chi connectivity index (χ0v) is 12.2. The number of aromatic amines is 1. The van der Waals surface area contributed by atoms with E-state index in [9.17, 15) is 0 Å². The number of nitrogens with zero attached hydrogens (tertiary/aromatic N) is 4. The molecule has 0 spiro atoms. The van der Waals surface area contributed by atoms with Gasteiger partial charge in [0.05, 0.1) is 11.6 Å². The highest BCUT2D eigenvalue weighted by molar-refractivity contribution is 5.89. The number of nitrogen functional groups attached to an aromatic ring is 1. The Balaban J connectivity index is 2.16. The van der Waals surface area contributed by atoms with Gasteiger partial charge in [-0.1, -0.05) is 6.07 Å². The second-order valence-corrected chi connectivity index (χ2v) is 5.05. The molecule has 0 radical (unpaired) electrons. The van der Waals surface area contributed by atoms with Gasteiger partial charge in [0.25, 0.3) is 0 Å². The average molecular weight is 283 g/mol. The lowest BCUT2D eigenvalue weighted by molar-refractivity contribution is 1.06. The number of nitrogens with two attached hydrogens (primary N) is 1. The van der Waals surface area contributed by atoms with Gasteiger partial charge in [0.15, 0.2) is 5.65 Å². The number of anilines is 3. The van der Waals surface area contributed by atoms with Crippen molar-refractivity contribution in [3.8, 4) is 0 Å². The molecule has 2 aromatic heterocycles. The second kappa shape index (κ2) is 5.02. The van der Waals surface area contributed by atoms with Gasteiger partial charge in [0.1, 0.15) is 5.82 Å². The fourth-order valence-corrected chi connectivity index (χ4v) is 2.41. The van der Waals surface area contributed by atoms with Gasteiger partial charge in [-0.2, -0.15) is 15.1 Å². The lowest BCUT2D eigenvalue weighted by Crippen LogP contribution is -2.16. The molecule has 21 heavy (non-hydrogen) atoms. The van der Waals surface area contributed by atoms with E-state index in [-0.39, 0.29) is 0 Å². The predicted octanol–water partition coefficient (Wildman–Crippen LogP) is 2.02. The summed E-state index contributed by atoms with van der Waals surface area (Å²) < 4.78 is 0. The molecule has 0 bridgehead atoms.